The Hall–Kier alpha value is -2.66. The summed E-state index contributed by atoms with van der Waals surface area (Å²) >= 11 is 0. The van der Waals surface area contributed by atoms with Crippen LogP contribution in [0.4, 0.5) is 0 Å². The normalized spacial score (nSPS) is 24.5. The minimum Gasteiger partial charge on any atom is -0.496 e. The topological polar surface area (TPSA) is 44.7 Å². The number of nitrogens with one attached hydrogen (secondary N) is 1. The molecule has 3 heterocycles. The summed E-state index contributed by atoms with van der Waals surface area (Å²) in [6, 6.07) is 29.2. The Labute approximate surface area is 209 Å². The molecule has 0 spiro atoms. The number of benzene rings is 3. The Balaban J connectivity index is 1.47. The molecule has 3 atom stereocenters. The van der Waals surface area contributed by atoms with Crippen molar-refractivity contribution in [2.24, 2.45) is 5.92 Å². The first-order valence-corrected chi connectivity index (χ1v) is 13.0. The molecule has 0 aliphatic carbocycles. The highest BCUT2D eigenvalue weighted by atomic mass is 16.5. The van der Waals surface area contributed by atoms with E-state index < -0.39 is 0 Å². The molecule has 4 nitrogen and oxygen atoms in total. The fourth-order valence-corrected chi connectivity index (χ4v) is 6.27. The molecule has 0 saturated carbocycles. The van der Waals surface area contributed by atoms with Gasteiger partial charge in [0.2, 0.25) is 0 Å². The molecule has 4 heteroatoms. The van der Waals surface area contributed by atoms with E-state index in [1.165, 1.54) is 37.1 Å². The Bertz CT molecular complexity index is 1040. The van der Waals surface area contributed by atoms with Gasteiger partial charge in [0.1, 0.15) is 5.75 Å². The number of nitrogens with zero attached hydrogens (tertiary/aromatic N) is 1. The molecule has 3 unspecified atom stereocenters. The molecule has 0 amide bonds. The van der Waals surface area contributed by atoms with Crippen molar-refractivity contribution in [3.05, 3.63) is 101 Å². The molecule has 3 fully saturated rings. The van der Waals surface area contributed by atoms with Gasteiger partial charge in [0.15, 0.2) is 0 Å². The maximum absolute atomic E-state index is 9.67. The first kappa shape index (κ1) is 24.1. The van der Waals surface area contributed by atoms with Gasteiger partial charge < -0.3 is 15.2 Å². The van der Waals surface area contributed by atoms with Crippen LogP contribution in [0.25, 0.3) is 0 Å². The second kappa shape index (κ2) is 10.9. The van der Waals surface area contributed by atoms with Gasteiger partial charge in [0, 0.05) is 42.6 Å². The van der Waals surface area contributed by atoms with E-state index in [0.29, 0.717) is 23.9 Å². The van der Waals surface area contributed by atoms with Crippen molar-refractivity contribution >= 4 is 0 Å². The number of aliphatic hydroxyl groups excluding tert-OH is 1. The third kappa shape index (κ3) is 5.02. The van der Waals surface area contributed by atoms with Crippen LogP contribution in [0.5, 0.6) is 5.75 Å². The van der Waals surface area contributed by atoms with Gasteiger partial charge in [-0.15, -0.1) is 0 Å². The largest absolute Gasteiger partial charge is 0.496 e. The Kier molecular flexibility index (Phi) is 7.52. The molecule has 3 aliphatic rings. The van der Waals surface area contributed by atoms with Crippen LogP contribution in [0.15, 0.2) is 78.9 Å². The Morgan fingerprint density at radius 1 is 0.914 bits per heavy atom. The smallest absolute Gasteiger partial charge is 0.123 e. The second-order valence-corrected chi connectivity index (χ2v) is 10.2. The summed E-state index contributed by atoms with van der Waals surface area (Å²) in [6.07, 6.45) is 2.51. The van der Waals surface area contributed by atoms with Gasteiger partial charge in [-0.3, -0.25) is 4.90 Å². The molecule has 6 rings (SSSR count). The zero-order chi connectivity index (χ0) is 24.2. The summed E-state index contributed by atoms with van der Waals surface area (Å²) in [5.74, 6) is 2.02. The van der Waals surface area contributed by atoms with E-state index in [0.717, 1.165) is 23.4 Å². The molecule has 3 aromatic rings. The van der Waals surface area contributed by atoms with Gasteiger partial charge >= 0.3 is 0 Å². The predicted molar refractivity (Wildman–Crippen MR) is 142 cm³/mol. The lowest BCUT2D eigenvalue weighted by Crippen LogP contribution is -2.64. The molecule has 35 heavy (non-hydrogen) atoms. The lowest BCUT2D eigenvalue weighted by Gasteiger charge is -2.54. The van der Waals surface area contributed by atoms with Crippen molar-refractivity contribution < 1.29 is 9.84 Å². The molecule has 3 aliphatic heterocycles. The number of aliphatic hydroxyl groups is 1. The first-order valence-electron chi connectivity index (χ1n) is 13.0. The first-order chi connectivity index (χ1) is 17.2. The fraction of sp³-hybridized carbons (Fsp3) is 0.419. The van der Waals surface area contributed by atoms with E-state index in [1.54, 1.807) is 7.11 Å². The van der Waals surface area contributed by atoms with Crippen molar-refractivity contribution in [3.63, 3.8) is 0 Å². The molecule has 2 bridgehead atoms. The maximum Gasteiger partial charge on any atom is 0.123 e. The molecule has 184 valence electrons. The summed E-state index contributed by atoms with van der Waals surface area (Å²) in [5.41, 5.74) is 5.09. The van der Waals surface area contributed by atoms with Gasteiger partial charge in [-0.1, -0.05) is 79.7 Å². The predicted octanol–water partition coefficient (Wildman–Crippen LogP) is 5.18. The number of fused-ring (bicyclic) bond motifs is 3. The van der Waals surface area contributed by atoms with E-state index in [2.05, 4.69) is 89.9 Å². The quantitative estimate of drug-likeness (QED) is 0.453. The number of hydrogen-bond acceptors (Lipinski definition) is 4. The molecule has 3 aromatic carbocycles. The fourth-order valence-electron chi connectivity index (χ4n) is 6.27. The number of rotatable bonds is 9. The Morgan fingerprint density at radius 2 is 1.54 bits per heavy atom. The van der Waals surface area contributed by atoms with Crippen molar-refractivity contribution in [1.82, 2.24) is 10.2 Å². The summed E-state index contributed by atoms with van der Waals surface area (Å²) in [5, 5.41) is 13.7. The van der Waals surface area contributed by atoms with Gasteiger partial charge in [-0.25, -0.2) is 0 Å². The van der Waals surface area contributed by atoms with Gasteiger partial charge in [-0.05, 0) is 54.6 Å². The summed E-state index contributed by atoms with van der Waals surface area (Å²) in [7, 11) is 1.74. The van der Waals surface area contributed by atoms with E-state index in [4.69, 9.17) is 4.74 Å². The van der Waals surface area contributed by atoms with Gasteiger partial charge in [0.25, 0.3) is 0 Å². The zero-order valence-electron chi connectivity index (χ0n) is 20.9. The minimum absolute atomic E-state index is 0.116. The average molecular weight is 471 g/mol. The molecular weight excluding hydrogens is 432 g/mol. The van der Waals surface area contributed by atoms with Crippen LogP contribution >= 0.6 is 0 Å². The lowest BCUT2D eigenvalue weighted by molar-refractivity contribution is 0.00462. The highest BCUT2D eigenvalue weighted by Crippen LogP contribution is 2.42. The van der Waals surface area contributed by atoms with Gasteiger partial charge in [-0.2, -0.15) is 0 Å². The average Bonchev–Trinajstić information content (AvgIpc) is 2.93. The van der Waals surface area contributed by atoms with Crippen LogP contribution in [0.3, 0.4) is 0 Å². The second-order valence-electron chi connectivity index (χ2n) is 10.2. The third-order valence-corrected chi connectivity index (χ3v) is 8.21. The number of piperidine rings is 3. The van der Waals surface area contributed by atoms with Crippen LogP contribution in [0, 0.1) is 5.92 Å². The molecule has 0 radical (unpaired) electrons. The maximum atomic E-state index is 9.67. The van der Waals surface area contributed by atoms with Crippen LogP contribution in [-0.4, -0.2) is 48.9 Å². The molecule has 2 N–H and O–H groups in total. The van der Waals surface area contributed by atoms with Crippen LogP contribution in [0.1, 0.15) is 53.9 Å². The number of methoxy groups -OCH3 is 1. The summed E-state index contributed by atoms with van der Waals surface area (Å²) in [4.78, 5) is 2.73. The summed E-state index contributed by atoms with van der Waals surface area (Å²) in [6.45, 7) is 5.33. The lowest BCUT2D eigenvalue weighted by atomic mass is 9.70. The van der Waals surface area contributed by atoms with Crippen molar-refractivity contribution in [1.29, 1.82) is 0 Å². The highest BCUT2D eigenvalue weighted by molar-refractivity contribution is 5.39. The molecule has 3 saturated heterocycles. The van der Waals surface area contributed by atoms with Gasteiger partial charge in [0.05, 0.1) is 7.11 Å². The third-order valence-electron chi connectivity index (χ3n) is 8.21. The monoisotopic (exact) mass is 470 g/mol. The van der Waals surface area contributed by atoms with E-state index in [1.807, 2.05) is 6.07 Å². The molecule has 0 aromatic heterocycles. The number of ether oxygens (including phenoxy) is 1. The molecular formula is C31H38N2O2. The SMILES string of the molecule is COc1ccc(C(C)CO)cc1CNC1C2CCN(CC2)C1C(c1ccccc1)c1ccccc1. The Morgan fingerprint density at radius 3 is 2.11 bits per heavy atom. The van der Waals surface area contributed by atoms with Crippen molar-refractivity contribution in [2.45, 2.75) is 50.2 Å². The standard InChI is InChI=1S/C31H38N2O2/c1-22(21-34)26-13-14-28(35-2)27(19-26)20-32-30-25-15-17-33(18-16-25)31(30)29(23-9-5-3-6-10-23)24-11-7-4-8-12-24/h3-14,19,22,25,29-32,34H,15-18,20-21H2,1-2H3. The number of hydrogen-bond donors (Lipinski definition) is 2. The van der Waals surface area contributed by atoms with E-state index in [-0.39, 0.29) is 12.5 Å². The van der Waals surface area contributed by atoms with E-state index in [9.17, 15) is 5.11 Å². The van der Waals surface area contributed by atoms with Crippen molar-refractivity contribution in [2.75, 3.05) is 26.8 Å². The van der Waals surface area contributed by atoms with Crippen LogP contribution < -0.4 is 10.1 Å². The van der Waals surface area contributed by atoms with E-state index >= 15 is 0 Å². The van der Waals surface area contributed by atoms with Crippen LogP contribution in [-0.2, 0) is 6.54 Å². The minimum atomic E-state index is 0.116. The van der Waals surface area contributed by atoms with Crippen molar-refractivity contribution in [3.8, 4) is 5.75 Å². The zero-order valence-corrected chi connectivity index (χ0v) is 20.9. The van der Waals surface area contributed by atoms with Crippen LogP contribution in [0.2, 0.25) is 0 Å². The highest BCUT2D eigenvalue weighted by Gasteiger charge is 2.46. The summed E-state index contributed by atoms with van der Waals surface area (Å²) < 4.78 is 5.72.